The standard InChI is InChI=1S/C17H20N4O2S/c1-10(2)21-13-8-6-5-7-12(13)19-16(21)11(3)18-17(22)14-9-15(23-4)20-24-14/h5-11H,1-4H3,(H,18,22). The van der Waals surface area contributed by atoms with Crippen LogP contribution in [-0.4, -0.2) is 26.9 Å². The third-order valence-electron chi connectivity index (χ3n) is 3.80. The molecule has 3 rings (SSSR count). The number of amides is 1. The highest BCUT2D eigenvalue weighted by Crippen LogP contribution is 2.25. The van der Waals surface area contributed by atoms with Gasteiger partial charge in [-0.3, -0.25) is 4.79 Å². The second-order valence-corrected chi connectivity index (χ2v) is 6.66. The lowest BCUT2D eigenvalue weighted by molar-refractivity contribution is 0.0941. The van der Waals surface area contributed by atoms with Gasteiger partial charge in [-0.05, 0) is 44.4 Å². The molecule has 126 valence electrons. The zero-order chi connectivity index (χ0) is 17.3. The summed E-state index contributed by atoms with van der Waals surface area (Å²) in [5, 5.41) is 3.00. The van der Waals surface area contributed by atoms with Crippen LogP contribution in [0.5, 0.6) is 5.88 Å². The Morgan fingerprint density at radius 1 is 1.29 bits per heavy atom. The Hall–Kier alpha value is -2.41. The quantitative estimate of drug-likeness (QED) is 0.768. The molecule has 2 aromatic heterocycles. The molecule has 6 nitrogen and oxygen atoms in total. The number of methoxy groups -OCH3 is 1. The predicted molar refractivity (Wildman–Crippen MR) is 94.7 cm³/mol. The van der Waals surface area contributed by atoms with Crippen LogP contribution in [-0.2, 0) is 0 Å². The molecule has 1 unspecified atom stereocenters. The van der Waals surface area contributed by atoms with E-state index in [0.717, 1.165) is 28.4 Å². The van der Waals surface area contributed by atoms with Crippen molar-refractivity contribution in [3.63, 3.8) is 0 Å². The number of para-hydroxylation sites is 2. The van der Waals surface area contributed by atoms with E-state index in [1.165, 1.54) is 7.11 Å². The molecule has 0 aliphatic heterocycles. The second kappa shape index (κ2) is 6.60. The summed E-state index contributed by atoms with van der Waals surface area (Å²) in [7, 11) is 1.53. The van der Waals surface area contributed by atoms with Crippen LogP contribution >= 0.6 is 11.5 Å². The third kappa shape index (κ3) is 2.99. The monoisotopic (exact) mass is 344 g/mol. The van der Waals surface area contributed by atoms with Gasteiger partial charge < -0.3 is 14.6 Å². The van der Waals surface area contributed by atoms with Crippen LogP contribution in [0.25, 0.3) is 11.0 Å². The van der Waals surface area contributed by atoms with Crippen molar-refractivity contribution in [1.29, 1.82) is 0 Å². The highest BCUT2D eigenvalue weighted by molar-refractivity contribution is 7.08. The number of carbonyl (C=O) groups is 1. The molecule has 7 heteroatoms. The lowest BCUT2D eigenvalue weighted by Gasteiger charge is -2.18. The maximum absolute atomic E-state index is 12.4. The van der Waals surface area contributed by atoms with E-state index in [-0.39, 0.29) is 18.0 Å². The number of imidazole rings is 1. The third-order valence-corrected chi connectivity index (χ3v) is 4.57. The minimum Gasteiger partial charge on any atom is -0.480 e. The number of fused-ring (bicyclic) bond motifs is 1. The van der Waals surface area contributed by atoms with E-state index in [1.54, 1.807) is 6.07 Å². The normalized spacial score (nSPS) is 12.5. The van der Waals surface area contributed by atoms with Crippen LogP contribution < -0.4 is 10.1 Å². The van der Waals surface area contributed by atoms with Crippen molar-refractivity contribution in [2.75, 3.05) is 7.11 Å². The molecule has 0 radical (unpaired) electrons. The van der Waals surface area contributed by atoms with E-state index in [9.17, 15) is 4.79 Å². The number of nitrogens with one attached hydrogen (secondary N) is 1. The number of rotatable bonds is 5. The molecule has 1 aromatic carbocycles. The maximum atomic E-state index is 12.4. The summed E-state index contributed by atoms with van der Waals surface area (Å²) in [5.74, 6) is 1.12. The molecule has 24 heavy (non-hydrogen) atoms. The van der Waals surface area contributed by atoms with Gasteiger partial charge in [-0.1, -0.05) is 12.1 Å². The highest BCUT2D eigenvalue weighted by atomic mass is 32.1. The van der Waals surface area contributed by atoms with Gasteiger partial charge in [-0.15, -0.1) is 0 Å². The SMILES string of the molecule is COc1cc(C(=O)NC(C)c2nc3ccccc3n2C(C)C)sn1. The van der Waals surface area contributed by atoms with Gasteiger partial charge in [-0.25, -0.2) is 4.98 Å². The summed E-state index contributed by atoms with van der Waals surface area (Å²) < 4.78 is 11.2. The lowest BCUT2D eigenvalue weighted by Crippen LogP contribution is -2.28. The highest BCUT2D eigenvalue weighted by Gasteiger charge is 2.21. The molecular formula is C17H20N4O2S. The topological polar surface area (TPSA) is 69.0 Å². The van der Waals surface area contributed by atoms with E-state index < -0.39 is 0 Å². The number of aromatic nitrogens is 3. The van der Waals surface area contributed by atoms with Crippen molar-refractivity contribution in [3.8, 4) is 5.88 Å². The Kier molecular flexibility index (Phi) is 4.53. The van der Waals surface area contributed by atoms with Gasteiger partial charge >= 0.3 is 0 Å². The van der Waals surface area contributed by atoms with Crippen molar-refractivity contribution >= 4 is 28.5 Å². The second-order valence-electron chi connectivity index (χ2n) is 5.85. The molecule has 0 saturated heterocycles. The van der Waals surface area contributed by atoms with Crippen molar-refractivity contribution in [2.24, 2.45) is 0 Å². The molecule has 2 heterocycles. The molecule has 0 spiro atoms. The van der Waals surface area contributed by atoms with E-state index in [2.05, 4.69) is 34.2 Å². The van der Waals surface area contributed by atoms with Gasteiger partial charge in [0, 0.05) is 12.1 Å². The zero-order valence-electron chi connectivity index (χ0n) is 14.1. The van der Waals surface area contributed by atoms with Crippen molar-refractivity contribution in [2.45, 2.75) is 32.9 Å². The average molecular weight is 344 g/mol. The Balaban J connectivity index is 1.89. The molecular weight excluding hydrogens is 324 g/mol. The van der Waals surface area contributed by atoms with Crippen LogP contribution in [0.2, 0.25) is 0 Å². The molecule has 0 fully saturated rings. The molecule has 3 aromatic rings. The minimum atomic E-state index is -0.222. The van der Waals surface area contributed by atoms with E-state index in [0.29, 0.717) is 10.8 Å². The van der Waals surface area contributed by atoms with Gasteiger partial charge in [0.25, 0.3) is 5.91 Å². The van der Waals surface area contributed by atoms with Crippen LogP contribution in [0.3, 0.4) is 0 Å². The summed E-state index contributed by atoms with van der Waals surface area (Å²) in [4.78, 5) is 17.7. The molecule has 0 aliphatic rings. The van der Waals surface area contributed by atoms with Crippen molar-refractivity contribution in [3.05, 3.63) is 41.0 Å². The number of carbonyl (C=O) groups excluding carboxylic acids is 1. The average Bonchev–Trinajstić information content (AvgIpc) is 3.19. The Bertz CT molecular complexity index is 868. The number of ether oxygens (including phenoxy) is 1. The van der Waals surface area contributed by atoms with Gasteiger partial charge in [0.15, 0.2) is 0 Å². The van der Waals surface area contributed by atoms with E-state index in [1.807, 2.05) is 25.1 Å². The molecule has 1 N–H and O–H groups in total. The summed E-state index contributed by atoms with van der Waals surface area (Å²) in [6, 6.07) is 9.67. The van der Waals surface area contributed by atoms with Gasteiger partial charge in [0.2, 0.25) is 5.88 Å². The van der Waals surface area contributed by atoms with Gasteiger partial charge in [0.1, 0.15) is 10.7 Å². The fraction of sp³-hybridized carbons (Fsp3) is 0.353. The first kappa shape index (κ1) is 16.4. The first-order valence-electron chi connectivity index (χ1n) is 7.79. The van der Waals surface area contributed by atoms with Crippen molar-refractivity contribution in [1.82, 2.24) is 19.2 Å². The van der Waals surface area contributed by atoms with Crippen LogP contribution in [0.4, 0.5) is 0 Å². The first-order chi connectivity index (χ1) is 11.5. The number of nitrogens with zero attached hydrogens (tertiary/aromatic N) is 3. The molecule has 0 aliphatic carbocycles. The molecule has 0 saturated carbocycles. The van der Waals surface area contributed by atoms with Gasteiger partial charge in [-0.2, -0.15) is 4.37 Å². The van der Waals surface area contributed by atoms with Crippen LogP contribution in [0, 0.1) is 0 Å². The predicted octanol–water partition coefficient (Wildman–Crippen LogP) is 3.57. The number of hydrogen-bond acceptors (Lipinski definition) is 5. The zero-order valence-corrected chi connectivity index (χ0v) is 14.9. The Morgan fingerprint density at radius 3 is 2.71 bits per heavy atom. The van der Waals surface area contributed by atoms with E-state index >= 15 is 0 Å². The largest absolute Gasteiger partial charge is 0.480 e. The summed E-state index contributed by atoms with van der Waals surface area (Å²) in [6.07, 6.45) is 0. The Morgan fingerprint density at radius 2 is 2.04 bits per heavy atom. The summed E-state index contributed by atoms with van der Waals surface area (Å²) in [5.41, 5.74) is 2.00. The number of hydrogen-bond donors (Lipinski definition) is 1. The summed E-state index contributed by atoms with van der Waals surface area (Å²) >= 11 is 1.12. The fourth-order valence-corrected chi connectivity index (χ4v) is 3.32. The maximum Gasteiger partial charge on any atom is 0.263 e. The lowest BCUT2D eigenvalue weighted by atomic mass is 10.2. The van der Waals surface area contributed by atoms with Crippen LogP contribution in [0.1, 0.15) is 48.4 Å². The number of benzene rings is 1. The smallest absolute Gasteiger partial charge is 0.263 e. The minimum absolute atomic E-state index is 0.175. The van der Waals surface area contributed by atoms with Crippen LogP contribution in [0.15, 0.2) is 30.3 Å². The summed E-state index contributed by atoms with van der Waals surface area (Å²) in [6.45, 7) is 6.16. The van der Waals surface area contributed by atoms with E-state index in [4.69, 9.17) is 9.72 Å². The van der Waals surface area contributed by atoms with Crippen molar-refractivity contribution < 1.29 is 9.53 Å². The molecule has 1 amide bonds. The van der Waals surface area contributed by atoms with Gasteiger partial charge in [0.05, 0.1) is 24.2 Å². The first-order valence-corrected chi connectivity index (χ1v) is 8.57. The Labute approximate surface area is 144 Å². The fourth-order valence-electron chi connectivity index (χ4n) is 2.71. The molecule has 0 bridgehead atoms. The molecule has 1 atom stereocenters.